The van der Waals surface area contributed by atoms with Crippen LogP contribution in [0, 0.1) is 5.92 Å². The van der Waals surface area contributed by atoms with Gasteiger partial charge >= 0.3 is 6.16 Å². The molecule has 0 spiro atoms. The average molecular weight is 344 g/mol. The summed E-state index contributed by atoms with van der Waals surface area (Å²) in [6.45, 7) is 4.32. The van der Waals surface area contributed by atoms with E-state index in [1.165, 1.54) is 10.8 Å². The van der Waals surface area contributed by atoms with Crippen LogP contribution in [0.3, 0.4) is 0 Å². The molecule has 0 aliphatic carbocycles. The maximum absolute atomic E-state index is 12.0. The molecule has 0 fully saturated rings. The van der Waals surface area contributed by atoms with Crippen molar-refractivity contribution in [2.45, 2.75) is 13.8 Å². The number of carbonyl (C=O) groups excluding carboxylic acids is 1. The fourth-order valence-corrected chi connectivity index (χ4v) is 3.13. The second kappa shape index (κ2) is 6.68. The second-order valence-electron chi connectivity index (χ2n) is 6.93. The maximum atomic E-state index is 12.0. The minimum atomic E-state index is -0.662. The van der Waals surface area contributed by atoms with E-state index in [1.807, 2.05) is 38.1 Å². The van der Waals surface area contributed by atoms with Gasteiger partial charge in [-0.25, -0.2) is 4.79 Å². The molecule has 0 bridgehead atoms. The van der Waals surface area contributed by atoms with Crippen LogP contribution in [0.2, 0.25) is 0 Å². The number of hydrogen-bond acceptors (Lipinski definition) is 3. The molecular formula is C23H20O3. The van der Waals surface area contributed by atoms with E-state index in [-0.39, 0.29) is 5.92 Å². The van der Waals surface area contributed by atoms with Gasteiger partial charge in [0.2, 0.25) is 0 Å². The van der Waals surface area contributed by atoms with Crippen molar-refractivity contribution in [2.75, 3.05) is 6.61 Å². The molecule has 0 unspecified atom stereocenters. The first-order valence-electron chi connectivity index (χ1n) is 8.80. The number of carbonyl (C=O) groups is 1. The van der Waals surface area contributed by atoms with Crippen molar-refractivity contribution in [2.24, 2.45) is 5.92 Å². The van der Waals surface area contributed by atoms with Crippen LogP contribution >= 0.6 is 0 Å². The summed E-state index contributed by atoms with van der Waals surface area (Å²) < 4.78 is 10.6. The minimum absolute atomic E-state index is 0.271. The van der Waals surface area contributed by atoms with E-state index in [9.17, 15) is 4.79 Å². The summed E-state index contributed by atoms with van der Waals surface area (Å²) in [5.41, 5.74) is 0. The lowest BCUT2D eigenvalue weighted by atomic mass is 9.99. The average Bonchev–Trinajstić information content (AvgIpc) is 2.63. The first-order chi connectivity index (χ1) is 12.6. The Hall–Kier alpha value is -3.07. The summed E-state index contributed by atoms with van der Waals surface area (Å²) in [6.07, 6.45) is -0.662. The van der Waals surface area contributed by atoms with E-state index < -0.39 is 6.16 Å². The zero-order valence-corrected chi connectivity index (χ0v) is 14.9. The number of benzene rings is 4. The summed E-state index contributed by atoms with van der Waals surface area (Å²) in [5, 5.41) is 6.61. The van der Waals surface area contributed by atoms with Gasteiger partial charge in [-0.3, -0.25) is 0 Å². The van der Waals surface area contributed by atoms with Crippen molar-refractivity contribution in [1.29, 1.82) is 0 Å². The zero-order chi connectivity index (χ0) is 18.1. The van der Waals surface area contributed by atoms with Crippen LogP contribution in [0.25, 0.3) is 32.3 Å². The molecule has 0 radical (unpaired) electrons. The molecular weight excluding hydrogens is 324 g/mol. The molecule has 0 aromatic heterocycles. The Kier molecular flexibility index (Phi) is 4.21. The van der Waals surface area contributed by atoms with Crippen molar-refractivity contribution in [3.05, 3.63) is 66.7 Å². The Labute approximate surface area is 152 Å². The molecule has 0 amide bonds. The summed E-state index contributed by atoms with van der Waals surface area (Å²) in [5.74, 6) is 0.790. The Morgan fingerprint density at radius 2 is 1.42 bits per heavy atom. The number of rotatable bonds is 3. The monoisotopic (exact) mass is 344 g/mol. The Balaban J connectivity index is 1.78. The first-order valence-corrected chi connectivity index (χ1v) is 8.80. The Morgan fingerprint density at radius 3 is 2.12 bits per heavy atom. The van der Waals surface area contributed by atoms with E-state index in [0.717, 1.165) is 21.5 Å². The second-order valence-corrected chi connectivity index (χ2v) is 6.93. The molecule has 0 aliphatic heterocycles. The summed E-state index contributed by atoms with van der Waals surface area (Å²) in [6, 6.07) is 22.6. The lowest BCUT2D eigenvalue weighted by Gasteiger charge is -2.11. The summed E-state index contributed by atoms with van der Waals surface area (Å²) in [4.78, 5) is 12.0. The summed E-state index contributed by atoms with van der Waals surface area (Å²) >= 11 is 0. The highest BCUT2D eigenvalue weighted by molar-refractivity contribution is 6.06. The topological polar surface area (TPSA) is 35.5 Å². The van der Waals surface area contributed by atoms with E-state index in [0.29, 0.717) is 12.4 Å². The fourth-order valence-electron chi connectivity index (χ4n) is 3.13. The van der Waals surface area contributed by atoms with Crippen molar-refractivity contribution < 1.29 is 14.3 Å². The molecule has 4 aromatic rings. The van der Waals surface area contributed by atoms with Crippen molar-refractivity contribution in [3.63, 3.8) is 0 Å². The van der Waals surface area contributed by atoms with Crippen LogP contribution in [0.4, 0.5) is 4.79 Å². The highest BCUT2D eigenvalue weighted by Gasteiger charge is 2.11. The third-order valence-corrected chi connectivity index (χ3v) is 4.39. The maximum Gasteiger partial charge on any atom is 0.513 e. The van der Waals surface area contributed by atoms with Crippen LogP contribution in [0.5, 0.6) is 5.75 Å². The first kappa shape index (κ1) is 16.4. The predicted molar refractivity (Wildman–Crippen MR) is 106 cm³/mol. The van der Waals surface area contributed by atoms with E-state index in [2.05, 4.69) is 36.4 Å². The van der Waals surface area contributed by atoms with Crippen LogP contribution in [0.15, 0.2) is 66.7 Å². The molecule has 4 rings (SSSR count). The minimum Gasteiger partial charge on any atom is -0.434 e. The number of fused-ring (bicyclic) bond motifs is 3. The lowest BCUT2D eigenvalue weighted by Crippen LogP contribution is -2.14. The quantitative estimate of drug-likeness (QED) is 0.248. The molecule has 0 atom stereocenters. The number of ether oxygens (including phenoxy) is 2. The molecule has 0 saturated heterocycles. The lowest BCUT2D eigenvalue weighted by molar-refractivity contribution is 0.0890. The van der Waals surface area contributed by atoms with E-state index in [1.54, 1.807) is 6.07 Å². The van der Waals surface area contributed by atoms with E-state index in [4.69, 9.17) is 9.47 Å². The molecule has 0 N–H and O–H groups in total. The van der Waals surface area contributed by atoms with Gasteiger partial charge in [0.15, 0.2) is 0 Å². The molecule has 26 heavy (non-hydrogen) atoms. The molecule has 130 valence electrons. The molecule has 3 nitrogen and oxygen atoms in total. The van der Waals surface area contributed by atoms with Gasteiger partial charge in [-0.05, 0) is 63.2 Å². The molecule has 0 heterocycles. The number of hydrogen-bond donors (Lipinski definition) is 0. The van der Waals surface area contributed by atoms with Gasteiger partial charge in [0.1, 0.15) is 5.75 Å². The smallest absolute Gasteiger partial charge is 0.434 e. The highest BCUT2D eigenvalue weighted by atomic mass is 16.7. The van der Waals surface area contributed by atoms with Gasteiger partial charge in [-0.1, -0.05) is 50.2 Å². The van der Waals surface area contributed by atoms with Gasteiger partial charge in [0.05, 0.1) is 6.61 Å². The van der Waals surface area contributed by atoms with Gasteiger partial charge in [0, 0.05) is 5.39 Å². The highest BCUT2D eigenvalue weighted by Crippen LogP contribution is 2.32. The fraction of sp³-hybridized carbons (Fsp3) is 0.174. The molecule has 3 heteroatoms. The largest absolute Gasteiger partial charge is 0.513 e. The Morgan fingerprint density at radius 1 is 0.808 bits per heavy atom. The molecule has 4 aromatic carbocycles. The van der Waals surface area contributed by atoms with Crippen LogP contribution in [0.1, 0.15) is 13.8 Å². The zero-order valence-electron chi connectivity index (χ0n) is 14.9. The van der Waals surface area contributed by atoms with Gasteiger partial charge in [-0.15, -0.1) is 0 Å². The third-order valence-electron chi connectivity index (χ3n) is 4.39. The van der Waals surface area contributed by atoms with Gasteiger partial charge in [0.25, 0.3) is 0 Å². The normalized spacial score (nSPS) is 11.3. The van der Waals surface area contributed by atoms with Crippen LogP contribution < -0.4 is 4.74 Å². The van der Waals surface area contributed by atoms with Crippen molar-refractivity contribution in [3.8, 4) is 5.75 Å². The van der Waals surface area contributed by atoms with Crippen molar-refractivity contribution in [1.82, 2.24) is 0 Å². The summed E-state index contributed by atoms with van der Waals surface area (Å²) in [7, 11) is 0. The third kappa shape index (κ3) is 3.21. The molecule has 0 saturated carbocycles. The Bertz CT molecular complexity index is 1110. The standard InChI is InChI=1S/C23H20O3/c1-15(2)14-25-23(24)26-22-9-5-8-18-12-19-10-16-6-3-4-7-17(16)11-20(19)13-21(18)22/h3-13,15H,14H2,1-2H3. The predicted octanol–water partition coefficient (Wildman–Crippen LogP) is 6.32. The van der Waals surface area contributed by atoms with Crippen LogP contribution in [-0.4, -0.2) is 12.8 Å². The SMILES string of the molecule is CC(C)COC(=O)Oc1cccc2cc3cc4ccccc4cc3cc12. The van der Waals surface area contributed by atoms with Gasteiger partial charge in [-0.2, -0.15) is 0 Å². The van der Waals surface area contributed by atoms with Crippen molar-refractivity contribution >= 4 is 38.5 Å². The molecule has 0 aliphatic rings. The van der Waals surface area contributed by atoms with Crippen LogP contribution in [-0.2, 0) is 4.74 Å². The van der Waals surface area contributed by atoms with Gasteiger partial charge < -0.3 is 9.47 Å². The van der Waals surface area contributed by atoms with E-state index >= 15 is 0 Å².